The van der Waals surface area contributed by atoms with Gasteiger partial charge in [-0.05, 0) is 38.7 Å². The molecule has 24 heavy (non-hydrogen) atoms. The van der Waals surface area contributed by atoms with Crippen LogP contribution in [0.3, 0.4) is 0 Å². The van der Waals surface area contributed by atoms with Crippen molar-refractivity contribution >= 4 is 15.9 Å². The molecule has 0 aliphatic rings. The Kier molecular flexibility index (Phi) is 8.30. The molecule has 8 heteroatoms. The first-order valence-corrected chi connectivity index (χ1v) is 9.65. The Hall–Kier alpha value is -1.51. The van der Waals surface area contributed by atoms with Crippen molar-refractivity contribution in [2.24, 2.45) is 0 Å². The number of carbonyl (C=O) groups is 1. The highest BCUT2D eigenvalue weighted by atomic mass is 32.2. The molecule has 6 nitrogen and oxygen atoms in total. The Morgan fingerprint density at radius 3 is 2.42 bits per heavy atom. The van der Waals surface area contributed by atoms with Gasteiger partial charge in [0.1, 0.15) is 5.82 Å². The zero-order valence-electron chi connectivity index (χ0n) is 14.5. The topological polar surface area (TPSA) is 69.7 Å². The van der Waals surface area contributed by atoms with Crippen LogP contribution < -0.4 is 5.32 Å². The normalized spacial score (nSPS) is 11.9. The van der Waals surface area contributed by atoms with Gasteiger partial charge in [-0.2, -0.15) is 0 Å². The van der Waals surface area contributed by atoms with E-state index in [4.69, 9.17) is 0 Å². The van der Waals surface area contributed by atoms with Gasteiger partial charge >= 0.3 is 0 Å². The lowest BCUT2D eigenvalue weighted by Gasteiger charge is -2.21. The predicted octanol–water partition coefficient (Wildman–Crippen LogP) is 0.698. The van der Waals surface area contributed by atoms with Gasteiger partial charge in [0.15, 0.2) is 0 Å². The van der Waals surface area contributed by atoms with Crippen LogP contribution in [0.4, 0.5) is 4.39 Å². The van der Waals surface area contributed by atoms with Crippen molar-refractivity contribution in [3.8, 4) is 0 Å². The fourth-order valence-corrected chi connectivity index (χ4v) is 3.09. The predicted molar refractivity (Wildman–Crippen MR) is 92.7 cm³/mol. The summed E-state index contributed by atoms with van der Waals surface area (Å²) < 4.78 is 38.4. The third kappa shape index (κ3) is 7.85. The van der Waals surface area contributed by atoms with Crippen LogP contribution in [0.2, 0.25) is 0 Å². The van der Waals surface area contributed by atoms with Crippen molar-refractivity contribution in [3.63, 3.8) is 0 Å². The quantitative estimate of drug-likeness (QED) is 0.668. The summed E-state index contributed by atoms with van der Waals surface area (Å²) in [5, 5.41) is 2.64. The molecule has 0 aliphatic heterocycles. The molecule has 136 valence electrons. The second-order valence-electron chi connectivity index (χ2n) is 5.94. The van der Waals surface area contributed by atoms with E-state index >= 15 is 0 Å². The second-order valence-corrected chi connectivity index (χ2v) is 7.92. The van der Waals surface area contributed by atoms with E-state index in [1.165, 1.54) is 10.4 Å². The zero-order valence-corrected chi connectivity index (χ0v) is 15.3. The Morgan fingerprint density at radius 1 is 1.17 bits per heavy atom. The van der Waals surface area contributed by atoms with E-state index in [0.717, 1.165) is 12.8 Å². The molecular formula is C16H26FN3O3S. The molecule has 1 aromatic rings. The molecule has 0 spiro atoms. The number of nitrogens with one attached hydrogen (secondary N) is 1. The molecule has 0 aliphatic carbocycles. The van der Waals surface area contributed by atoms with Gasteiger partial charge in [0.05, 0.1) is 12.7 Å². The van der Waals surface area contributed by atoms with Gasteiger partial charge < -0.3 is 10.2 Å². The first kappa shape index (κ1) is 20.5. The van der Waals surface area contributed by atoms with Gasteiger partial charge in [0.2, 0.25) is 15.9 Å². The van der Waals surface area contributed by atoms with Crippen molar-refractivity contribution in [1.82, 2.24) is 14.5 Å². The fraction of sp³-hybridized carbons (Fsp3) is 0.562. The molecule has 0 bridgehead atoms. The molecule has 0 fully saturated rings. The Bertz CT molecular complexity index is 635. The standard InChI is InChI=1S/C16H26FN3O3S/c1-19(2)10-6-11-20(24(3,22)23)12-9-18-16(21)13-14-7-4-5-8-15(14)17/h4-5,7-8H,6,9-13H2,1-3H3,(H,18,21). The van der Waals surface area contributed by atoms with Crippen molar-refractivity contribution < 1.29 is 17.6 Å². The number of nitrogens with zero attached hydrogens (tertiary/aromatic N) is 2. The van der Waals surface area contributed by atoms with E-state index in [2.05, 4.69) is 5.32 Å². The number of sulfonamides is 1. The van der Waals surface area contributed by atoms with Crippen molar-refractivity contribution in [1.29, 1.82) is 0 Å². The molecule has 0 aromatic heterocycles. The van der Waals surface area contributed by atoms with Gasteiger partial charge in [-0.3, -0.25) is 4.79 Å². The summed E-state index contributed by atoms with van der Waals surface area (Å²) in [6.45, 7) is 1.59. The largest absolute Gasteiger partial charge is 0.354 e. The maximum Gasteiger partial charge on any atom is 0.224 e. The number of carbonyl (C=O) groups excluding carboxylic acids is 1. The molecule has 1 N–H and O–H groups in total. The van der Waals surface area contributed by atoms with E-state index in [-0.39, 0.29) is 25.4 Å². The van der Waals surface area contributed by atoms with E-state index < -0.39 is 15.8 Å². The van der Waals surface area contributed by atoms with Gasteiger partial charge in [-0.1, -0.05) is 18.2 Å². The van der Waals surface area contributed by atoms with E-state index in [1.807, 2.05) is 19.0 Å². The maximum atomic E-state index is 13.5. The molecule has 1 aromatic carbocycles. The summed E-state index contributed by atoms with van der Waals surface area (Å²) in [6, 6.07) is 6.09. The number of halogens is 1. The van der Waals surface area contributed by atoms with Crippen LogP contribution in [-0.4, -0.2) is 70.1 Å². The average Bonchev–Trinajstić information content (AvgIpc) is 2.46. The lowest BCUT2D eigenvalue weighted by molar-refractivity contribution is -0.120. The van der Waals surface area contributed by atoms with Gasteiger partial charge in [-0.15, -0.1) is 0 Å². The first-order valence-electron chi connectivity index (χ1n) is 7.80. The maximum absolute atomic E-state index is 13.5. The third-order valence-corrected chi connectivity index (χ3v) is 4.78. The SMILES string of the molecule is CN(C)CCCN(CCNC(=O)Cc1ccccc1F)S(C)(=O)=O. The summed E-state index contributed by atoms with van der Waals surface area (Å²) in [5.74, 6) is -0.754. The number of hydrogen-bond acceptors (Lipinski definition) is 4. The molecule has 0 heterocycles. The van der Waals surface area contributed by atoms with Gasteiger partial charge in [0, 0.05) is 19.6 Å². The minimum Gasteiger partial charge on any atom is -0.354 e. The van der Waals surface area contributed by atoms with Crippen LogP contribution in [0, 0.1) is 5.82 Å². The Morgan fingerprint density at radius 2 is 1.83 bits per heavy atom. The first-order chi connectivity index (χ1) is 11.2. The molecule has 1 rings (SSSR count). The number of rotatable bonds is 10. The highest BCUT2D eigenvalue weighted by molar-refractivity contribution is 7.88. The van der Waals surface area contributed by atoms with Crippen LogP contribution >= 0.6 is 0 Å². The molecular weight excluding hydrogens is 333 g/mol. The number of amides is 1. The fourth-order valence-electron chi connectivity index (χ4n) is 2.20. The minimum atomic E-state index is -3.32. The van der Waals surface area contributed by atoms with E-state index in [1.54, 1.807) is 18.2 Å². The third-order valence-electron chi connectivity index (χ3n) is 3.47. The van der Waals surface area contributed by atoms with Gasteiger partial charge in [-0.25, -0.2) is 17.1 Å². The van der Waals surface area contributed by atoms with Crippen molar-refractivity contribution in [3.05, 3.63) is 35.6 Å². The number of hydrogen-bond donors (Lipinski definition) is 1. The molecule has 1 amide bonds. The van der Waals surface area contributed by atoms with E-state index in [9.17, 15) is 17.6 Å². The smallest absolute Gasteiger partial charge is 0.224 e. The molecule has 0 saturated heterocycles. The van der Waals surface area contributed by atoms with Crippen LogP contribution in [-0.2, 0) is 21.2 Å². The summed E-state index contributed by atoms with van der Waals surface area (Å²) in [5.41, 5.74) is 0.320. The van der Waals surface area contributed by atoms with Crippen molar-refractivity contribution in [2.75, 3.05) is 46.5 Å². The molecule has 0 radical (unpaired) electrons. The highest BCUT2D eigenvalue weighted by Crippen LogP contribution is 2.06. The Labute approximate surface area is 143 Å². The molecule has 0 atom stereocenters. The van der Waals surface area contributed by atoms with Crippen LogP contribution in [0.15, 0.2) is 24.3 Å². The zero-order chi connectivity index (χ0) is 18.2. The molecule has 0 saturated carbocycles. The Balaban J connectivity index is 2.44. The van der Waals surface area contributed by atoms with Crippen molar-refractivity contribution in [2.45, 2.75) is 12.8 Å². The summed E-state index contributed by atoms with van der Waals surface area (Å²) >= 11 is 0. The lowest BCUT2D eigenvalue weighted by Crippen LogP contribution is -2.39. The van der Waals surface area contributed by atoms with E-state index in [0.29, 0.717) is 18.5 Å². The summed E-state index contributed by atoms with van der Waals surface area (Å²) in [4.78, 5) is 13.8. The van der Waals surface area contributed by atoms with Crippen LogP contribution in [0.1, 0.15) is 12.0 Å². The van der Waals surface area contributed by atoms with Crippen LogP contribution in [0.25, 0.3) is 0 Å². The summed E-state index contributed by atoms with van der Waals surface area (Å²) in [7, 11) is 0.526. The second kappa shape index (κ2) is 9.71. The van der Waals surface area contributed by atoms with Crippen LogP contribution in [0.5, 0.6) is 0 Å². The summed E-state index contributed by atoms with van der Waals surface area (Å²) in [6.07, 6.45) is 1.80. The average molecular weight is 359 g/mol. The lowest BCUT2D eigenvalue weighted by atomic mass is 10.1. The highest BCUT2D eigenvalue weighted by Gasteiger charge is 2.16. The minimum absolute atomic E-state index is 0.0633. The monoisotopic (exact) mass is 359 g/mol. The molecule has 0 unspecified atom stereocenters. The number of benzene rings is 1. The van der Waals surface area contributed by atoms with Gasteiger partial charge in [0.25, 0.3) is 0 Å².